The minimum Gasteiger partial charge on any atom is -0.269 e. The van der Waals surface area contributed by atoms with E-state index in [1.54, 1.807) is 12.1 Å². The van der Waals surface area contributed by atoms with Crippen molar-refractivity contribution in [2.45, 2.75) is 46.0 Å². The molecular formula is C17H30N2O4S2. The fourth-order valence-corrected chi connectivity index (χ4v) is 4.65. The molecule has 0 atom stereocenters. The second-order valence-corrected chi connectivity index (χ2v) is 11.0. The molecular weight excluding hydrogens is 360 g/mol. The van der Waals surface area contributed by atoms with Crippen molar-refractivity contribution in [3.8, 4) is 0 Å². The zero-order chi connectivity index (χ0) is 19.3. The van der Waals surface area contributed by atoms with Crippen LogP contribution in [0.3, 0.4) is 0 Å². The van der Waals surface area contributed by atoms with Crippen molar-refractivity contribution in [1.29, 1.82) is 0 Å². The molecule has 144 valence electrons. The minimum absolute atomic E-state index is 0.0393. The van der Waals surface area contributed by atoms with E-state index in [1.165, 1.54) is 4.31 Å². The molecule has 1 aromatic rings. The van der Waals surface area contributed by atoms with E-state index in [-0.39, 0.29) is 24.3 Å². The maximum absolute atomic E-state index is 12.3. The third-order valence-electron chi connectivity index (χ3n) is 3.78. The predicted molar refractivity (Wildman–Crippen MR) is 104 cm³/mol. The van der Waals surface area contributed by atoms with Crippen LogP contribution >= 0.6 is 0 Å². The third kappa shape index (κ3) is 6.95. The summed E-state index contributed by atoms with van der Waals surface area (Å²) in [6.07, 6.45) is 2.51. The molecule has 0 radical (unpaired) electrons. The number of para-hydroxylation sites is 1. The van der Waals surface area contributed by atoms with Crippen LogP contribution in [0.2, 0.25) is 0 Å². The Labute approximate surface area is 152 Å². The van der Waals surface area contributed by atoms with Crippen LogP contribution in [0.25, 0.3) is 0 Å². The molecule has 0 aliphatic rings. The van der Waals surface area contributed by atoms with Gasteiger partial charge in [-0.25, -0.2) is 21.6 Å². The first-order chi connectivity index (χ1) is 11.4. The van der Waals surface area contributed by atoms with E-state index in [2.05, 4.69) is 4.72 Å². The molecule has 0 saturated heterocycles. The summed E-state index contributed by atoms with van der Waals surface area (Å²) in [6, 6.07) is 7.32. The average Bonchev–Trinajstić information content (AvgIpc) is 2.47. The maximum atomic E-state index is 12.3. The van der Waals surface area contributed by atoms with Gasteiger partial charge in [0, 0.05) is 13.1 Å². The lowest BCUT2D eigenvalue weighted by molar-refractivity contribution is 0.572. The minimum atomic E-state index is -3.54. The van der Waals surface area contributed by atoms with Crippen LogP contribution in [-0.4, -0.2) is 41.9 Å². The summed E-state index contributed by atoms with van der Waals surface area (Å²) in [6.45, 7) is 8.05. The summed E-state index contributed by atoms with van der Waals surface area (Å²) in [4.78, 5) is 0. The van der Waals surface area contributed by atoms with Crippen molar-refractivity contribution in [2.75, 3.05) is 29.4 Å². The van der Waals surface area contributed by atoms with Gasteiger partial charge in [-0.2, -0.15) is 0 Å². The highest BCUT2D eigenvalue weighted by Gasteiger charge is 2.25. The largest absolute Gasteiger partial charge is 0.269 e. The molecule has 1 N–H and O–H groups in total. The normalized spacial score (nSPS) is 13.0. The van der Waals surface area contributed by atoms with E-state index in [1.807, 2.05) is 39.8 Å². The molecule has 0 heterocycles. The van der Waals surface area contributed by atoms with Crippen LogP contribution in [0.4, 0.5) is 5.69 Å². The maximum Gasteiger partial charge on any atom is 0.232 e. The number of benzene rings is 1. The number of hydrogen-bond donors (Lipinski definition) is 1. The number of rotatable bonds is 9. The van der Waals surface area contributed by atoms with Gasteiger partial charge >= 0.3 is 0 Å². The molecule has 1 rings (SSSR count). The Morgan fingerprint density at radius 3 is 2.20 bits per heavy atom. The number of unbranched alkanes of at least 4 members (excludes halogenated alkanes) is 1. The molecule has 0 saturated carbocycles. The van der Waals surface area contributed by atoms with Crippen LogP contribution in [0.15, 0.2) is 24.3 Å². The van der Waals surface area contributed by atoms with Crippen LogP contribution < -0.4 is 9.03 Å². The highest BCUT2D eigenvalue weighted by atomic mass is 32.2. The monoisotopic (exact) mass is 390 g/mol. The van der Waals surface area contributed by atoms with E-state index in [0.717, 1.165) is 18.2 Å². The number of nitrogens with zero attached hydrogens (tertiary/aromatic N) is 1. The molecule has 6 nitrogen and oxygen atoms in total. The van der Waals surface area contributed by atoms with Crippen LogP contribution in [0.1, 0.15) is 46.1 Å². The molecule has 0 amide bonds. The van der Waals surface area contributed by atoms with E-state index in [4.69, 9.17) is 0 Å². The Bertz CT molecular complexity index is 766. The van der Waals surface area contributed by atoms with Gasteiger partial charge < -0.3 is 0 Å². The fraction of sp³-hybridized carbons (Fsp3) is 0.647. The van der Waals surface area contributed by atoms with E-state index in [0.29, 0.717) is 12.1 Å². The molecule has 0 unspecified atom stereocenters. The molecule has 0 aliphatic heterocycles. The Kier molecular flexibility index (Phi) is 7.46. The number of hydrogen-bond acceptors (Lipinski definition) is 4. The molecule has 0 bridgehead atoms. The van der Waals surface area contributed by atoms with Gasteiger partial charge in [-0.05, 0) is 23.5 Å². The zero-order valence-electron chi connectivity index (χ0n) is 15.7. The topological polar surface area (TPSA) is 83.6 Å². The summed E-state index contributed by atoms with van der Waals surface area (Å²) in [7, 11) is -6.91. The third-order valence-corrected chi connectivity index (χ3v) is 6.43. The first kappa shape index (κ1) is 21.9. The summed E-state index contributed by atoms with van der Waals surface area (Å²) < 4.78 is 52.1. The van der Waals surface area contributed by atoms with Gasteiger partial charge in [0.15, 0.2) is 0 Å². The van der Waals surface area contributed by atoms with Gasteiger partial charge in [-0.3, -0.25) is 4.31 Å². The second-order valence-electron chi connectivity index (χ2n) is 7.17. The Hall–Kier alpha value is -1.12. The summed E-state index contributed by atoms with van der Waals surface area (Å²) >= 11 is 0. The number of anilines is 1. The van der Waals surface area contributed by atoms with Crippen LogP contribution in [-0.2, 0) is 25.5 Å². The van der Waals surface area contributed by atoms with E-state index >= 15 is 0 Å². The molecule has 0 aliphatic carbocycles. The van der Waals surface area contributed by atoms with Gasteiger partial charge in [0.1, 0.15) is 0 Å². The first-order valence-corrected chi connectivity index (χ1v) is 11.9. The van der Waals surface area contributed by atoms with Gasteiger partial charge in [0.05, 0.1) is 17.7 Å². The molecule has 1 aromatic carbocycles. The van der Waals surface area contributed by atoms with Crippen molar-refractivity contribution in [1.82, 2.24) is 4.72 Å². The van der Waals surface area contributed by atoms with Crippen LogP contribution in [0.5, 0.6) is 0 Å². The predicted octanol–water partition coefficient (Wildman–Crippen LogP) is 2.47. The lowest BCUT2D eigenvalue weighted by atomic mass is 9.86. The first-order valence-electron chi connectivity index (χ1n) is 8.43. The lowest BCUT2D eigenvalue weighted by Crippen LogP contribution is -2.39. The van der Waals surface area contributed by atoms with Crippen molar-refractivity contribution < 1.29 is 16.8 Å². The standard InChI is InChI=1S/C17H30N2O4S2/c1-6-7-14-25(22,23)18-12-13-19(24(5,20)21)16-11-9-8-10-15(16)17(2,3)4/h8-11,18H,6-7,12-14H2,1-5H3. The molecule has 0 fully saturated rings. The highest BCUT2D eigenvalue weighted by molar-refractivity contribution is 7.92. The van der Waals surface area contributed by atoms with Crippen LogP contribution in [0, 0.1) is 0 Å². The summed E-state index contributed by atoms with van der Waals surface area (Å²) in [5.74, 6) is 0.0565. The van der Waals surface area contributed by atoms with Gasteiger partial charge in [-0.15, -0.1) is 0 Å². The molecule has 0 spiro atoms. The molecule has 8 heteroatoms. The fourth-order valence-electron chi connectivity index (χ4n) is 2.50. The van der Waals surface area contributed by atoms with Gasteiger partial charge in [-0.1, -0.05) is 52.3 Å². The SMILES string of the molecule is CCCCS(=O)(=O)NCCN(c1ccccc1C(C)(C)C)S(C)(=O)=O. The van der Waals surface area contributed by atoms with Gasteiger partial charge in [0.25, 0.3) is 0 Å². The van der Waals surface area contributed by atoms with Gasteiger partial charge in [0.2, 0.25) is 20.0 Å². The Morgan fingerprint density at radius 2 is 1.68 bits per heavy atom. The average molecular weight is 391 g/mol. The van der Waals surface area contributed by atoms with Crippen molar-refractivity contribution >= 4 is 25.7 Å². The molecule has 0 aromatic heterocycles. The summed E-state index contributed by atoms with van der Waals surface area (Å²) in [5.41, 5.74) is 1.25. The number of sulfonamides is 2. The smallest absolute Gasteiger partial charge is 0.232 e. The Balaban J connectivity index is 3.03. The Morgan fingerprint density at radius 1 is 1.08 bits per heavy atom. The van der Waals surface area contributed by atoms with E-state index in [9.17, 15) is 16.8 Å². The summed E-state index contributed by atoms with van der Waals surface area (Å²) in [5, 5.41) is 0. The number of nitrogens with one attached hydrogen (secondary N) is 1. The second kappa shape index (κ2) is 8.51. The lowest BCUT2D eigenvalue weighted by Gasteiger charge is -2.30. The molecule has 25 heavy (non-hydrogen) atoms. The van der Waals surface area contributed by atoms with Crippen molar-refractivity contribution in [3.05, 3.63) is 29.8 Å². The van der Waals surface area contributed by atoms with Crippen molar-refractivity contribution in [2.24, 2.45) is 0 Å². The quantitative estimate of drug-likeness (QED) is 0.702. The van der Waals surface area contributed by atoms with Crippen molar-refractivity contribution in [3.63, 3.8) is 0 Å². The van der Waals surface area contributed by atoms with E-state index < -0.39 is 20.0 Å². The zero-order valence-corrected chi connectivity index (χ0v) is 17.4. The highest BCUT2D eigenvalue weighted by Crippen LogP contribution is 2.32.